The molecule has 5 atom stereocenters. The molecule has 8 nitrogen and oxygen atoms in total. The zero-order valence-electron chi connectivity index (χ0n) is 9.25. The first kappa shape index (κ1) is 16.4. The number of aliphatic hydroxyl groups is 4. The molecule has 1 amide bonds. The standard InChI is InChI=1S/C8H17NO7P/c1-17(16)7(13)2-5(11)8(14)6(12)3-9(15)4-10/h4-8,11-15H,2-3H2,1H3/q+1/t5-,6+,7?,8-/m1/s1. The highest BCUT2D eigenvalue weighted by Crippen LogP contribution is 2.25. The van der Waals surface area contributed by atoms with Crippen LogP contribution in [0.2, 0.25) is 0 Å². The fraction of sp³-hybridized carbons (Fsp3) is 0.875. The summed E-state index contributed by atoms with van der Waals surface area (Å²) in [4.78, 5) is 10.0. The first-order valence-corrected chi connectivity index (χ1v) is 6.60. The van der Waals surface area contributed by atoms with Crippen LogP contribution < -0.4 is 0 Å². The molecule has 0 spiro atoms. The Balaban J connectivity index is 4.23. The van der Waals surface area contributed by atoms with Crippen molar-refractivity contribution in [3.63, 3.8) is 0 Å². The molecule has 0 aromatic carbocycles. The van der Waals surface area contributed by atoms with Gasteiger partial charge in [-0.15, -0.1) is 0 Å². The molecule has 5 N–H and O–H groups in total. The number of amides is 1. The van der Waals surface area contributed by atoms with Crippen LogP contribution in [0, 0.1) is 0 Å². The van der Waals surface area contributed by atoms with Crippen LogP contribution in [0.25, 0.3) is 0 Å². The Labute approximate surface area is 98.8 Å². The molecule has 2 unspecified atom stereocenters. The van der Waals surface area contributed by atoms with Gasteiger partial charge in [0.25, 0.3) is 5.85 Å². The second kappa shape index (κ2) is 7.65. The summed E-state index contributed by atoms with van der Waals surface area (Å²) in [5.74, 6) is -1.29. The molecule has 0 heterocycles. The molecule has 0 radical (unpaired) electrons. The third-order valence-electron chi connectivity index (χ3n) is 2.16. The molecule has 0 fully saturated rings. The number of hydrogen-bond donors (Lipinski definition) is 5. The number of rotatable bonds is 8. The van der Waals surface area contributed by atoms with Gasteiger partial charge in [0.15, 0.2) is 0 Å². The number of hydrogen-bond acceptors (Lipinski definition) is 7. The summed E-state index contributed by atoms with van der Waals surface area (Å²) in [6.07, 6.45) is -5.12. The van der Waals surface area contributed by atoms with E-state index in [2.05, 4.69) is 0 Å². The van der Waals surface area contributed by atoms with E-state index in [1.807, 2.05) is 0 Å². The average molecular weight is 270 g/mol. The van der Waals surface area contributed by atoms with Crippen LogP contribution in [0.5, 0.6) is 0 Å². The Morgan fingerprint density at radius 1 is 1.24 bits per heavy atom. The summed E-state index contributed by atoms with van der Waals surface area (Å²) in [5.41, 5.74) is 0. The fourth-order valence-corrected chi connectivity index (χ4v) is 1.62. The predicted octanol–water partition coefficient (Wildman–Crippen LogP) is -1.92. The van der Waals surface area contributed by atoms with Gasteiger partial charge in [-0.2, -0.15) is 0 Å². The maximum Gasteiger partial charge on any atom is 0.366 e. The highest BCUT2D eigenvalue weighted by Gasteiger charge is 2.32. The van der Waals surface area contributed by atoms with Crippen LogP contribution in [-0.2, 0) is 9.36 Å². The van der Waals surface area contributed by atoms with Gasteiger partial charge in [-0.3, -0.25) is 10.0 Å². The normalized spacial score (nSPS) is 19.1. The van der Waals surface area contributed by atoms with E-state index in [1.54, 1.807) is 0 Å². The molecular formula is C8H17NO7P+. The lowest BCUT2D eigenvalue weighted by molar-refractivity contribution is -0.163. The number of carbonyl (C=O) groups is 1. The number of carbonyl (C=O) groups excluding carboxylic acids is 1. The molecule has 0 rings (SSSR count). The van der Waals surface area contributed by atoms with Gasteiger partial charge in [0.1, 0.15) is 18.9 Å². The quantitative estimate of drug-likeness (QED) is 0.150. The number of nitrogens with zero attached hydrogens (tertiary/aromatic N) is 1. The van der Waals surface area contributed by atoms with Gasteiger partial charge in [-0.1, -0.05) is 4.57 Å². The summed E-state index contributed by atoms with van der Waals surface area (Å²) in [5, 5.41) is 46.2. The van der Waals surface area contributed by atoms with Gasteiger partial charge >= 0.3 is 7.80 Å². The first-order valence-electron chi connectivity index (χ1n) is 4.82. The molecule has 9 heteroatoms. The molecule has 0 aromatic heterocycles. The Morgan fingerprint density at radius 3 is 2.18 bits per heavy atom. The van der Waals surface area contributed by atoms with Gasteiger partial charge in [0.05, 0.1) is 12.6 Å². The van der Waals surface area contributed by atoms with Crippen molar-refractivity contribution in [2.45, 2.75) is 30.6 Å². The highest BCUT2D eigenvalue weighted by molar-refractivity contribution is 7.44. The summed E-state index contributed by atoms with van der Waals surface area (Å²) >= 11 is 0. The third kappa shape index (κ3) is 6.02. The smallest absolute Gasteiger partial charge is 0.366 e. The second-order valence-corrected chi connectivity index (χ2v) is 5.30. The minimum Gasteiger partial charge on any atom is -0.390 e. The summed E-state index contributed by atoms with van der Waals surface area (Å²) in [6, 6.07) is 0. The number of aliphatic hydroxyl groups excluding tert-OH is 4. The predicted molar refractivity (Wildman–Crippen MR) is 56.7 cm³/mol. The minimum atomic E-state index is -1.92. The molecule has 100 valence electrons. The minimum absolute atomic E-state index is 0.0279. The molecule has 0 aromatic rings. The Kier molecular flexibility index (Phi) is 7.37. The molecule has 0 saturated heterocycles. The van der Waals surface area contributed by atoms with Gasteiger partial charge in [-0.05, 0) is 0 Å². The molecule has 0 aliphatic carbocycles. The Hall–Kier alpha value is -0.630. The lowest BCUT2D eigenvalue weighted by Gasteiger charge is -2.24. The third-order valence-corrected chi connectivity index (χ3v) is 3.21. The maximum absolute atomic E-state index is 10.8. The maximum atomic E-state index is 10.8. The summed E-state index contributed by atoms with van der Waals surface area (Å²) in [6.45, 7) is 0.674. The van der Waals surface area contributed by atoms with Crippen LogP contribution in [-0.4, -0.2) is 74.5 Å². The van der Waals surface area contributed by atoms with Crippen molar-refractivity contribution >= 4 is 14.2 Å². The van der Waals surface area contributed by atoms with Crippen LogP contribution in [0.4, 0.5) is 0 Å². The average Bonchev–Trinajstić information content (AvgIpc) is 2.27. The van der Waals surface area contributed by atoms with Crippen molar-refractivity contribution < 1.29 is 35.0 Å². The zero-order valence-corrected chi connectivity index (χ0v) is 10.1. The Morgan fingerprint density at radius 2 is 1.76 bits per heavy atom. The van der Waals surface area contributed by atoms with Crippen molar-refractivity contribution in [2.75, 3.05) is 13.2 Å². The van der Waals surface area contributed by atoms with Crippen LogP contribution in [0.1, 0.15) is 6.42 Å². The van der Waals surface area contributed by atoms with E-state index in [0.717, 1.165) is 0 Å². The molecule has 0 aliphatic rings. The summed E-state index contributed by atoms with van der Waals surface area (Å²) < 4.78 is 10.8. The molecule has 17 heavy (non-hydrogen) atoms. The van der Waals surface area contributed by atoms with E-state index in [1.165, 1.54) is 6.66 Å². The van der Waals surface area contributed by atoms with E-state index in [4.69, 9.17) is 5.21 Å². The van der Waals surface area contributed by atoms with Gasteiger partial charge in [0, 0.05) is 6.42 Å². The Bertz CT molecular complexity index is 264. The van der Waals surface area contributed by atoms with E-state index in [0.29, 0.717) is 0 Å². The van der Waals surface area contributed by atoms with Gasteiger partial charge in [0.2, 0.25) is 6.41 Å². The molecule has 0 bridgehead atoms. The van der Waals surface area contributed by atoms with E-state index in [-0.39, 0.29) is 17.9 Å². The van der Waals surface area contributed by atoms with Crippen molar-refractivity contribution in [3.05, 3.63) is 0 Å². The fourth-order valence-electron chi connectivity index (χ4n) is 1.10. The van der Waals surface area contributed by atoms with Crippen molar-refractivity contribution in [3.8, 4) is 0 Å². The number of hydroxylamine groups is 2. The van der Waals surface area contributed by atoms with Crippen LogP contribution in [0.3, 0.4) is 0 Å². The van der Waals surface area contributed by atoms with Crippen molar-refractivity contribution in [1.82, 2.24) is 5.06 Å². The SMILES string of the molecule is C[P+](=O)C(O)C[C@@H](O)[C@@H](O)[C@@H](O)CN(O)C=O. The van der Waals surface area contributed by atoms with E-state index >= 15 is 0 Å². The van der Waals surface area contributed by atoms with Crippen LogP contribution >= 0.6 is 7.80 Å². The summed E-state index contributed by atoms with van der Waals surface area (Å²) in [7, 11) is -1.92. The van der Waals surface area contributed by atoms with Crippen LogP contribution in [0.15, 0.2) is 0 Å². The van der Waals surface area contributed by atoms with Gasteiger partial charge < -0.3 is 20.4 Å². The lowest BCUT2D eigenvalue weighted by atomic mass is 10.1. The molecule has 0 saturated carbocycles. The largest absolute Gasteiger partial charge is 0.390 e. The van der Waals surface area contributed by atoms with E-state index < -0.39 is 38.5 Å². The van der Waals surface area contributed by atoms with Crippen molar-refractivity contribution in [2.24, 2.45) is 0 Å². The lowest BCUT2D eigenvalue weighted by Crippen LogP contribution is -2.44. The molecular weight excluding hydrogens is 253 g/mol. The second-order valence-electron chi connectivity index (χ2n) is 3.62. The first-order chi connectivity index (χ1) is 7.79. The molecule has 0 aliphatic heterocycles. The van der Waals surface area contributed by atoms with Gasteiger partial charge in [-0.25, -0.2) is 5.06 Å². The highest BCUT2D eigenvalue weighted by atomic mass is 31.1. The topological polar surface area (TPSA) is 139 Å². The van der Waals surface area contributed by atoms with Crippen molar-refractivity contribution in [1.29, 1.82) is 0 Å². The zero-order chi connectivity index (χ0) is 13.6. The van der Waals surface area contributed by atoms with E-state index in [9.17, 15) is 29.8 Å². The monoisotopic (exact) mass is 270 g/mol.